The van der Waals surface area contributed by atoms with Crippen LogP contribution in [0.1, 0.15) is 213 Å². The number of carboxylic acids is 2. The maximum atomic E-state index is 10.4. The molecule has 1 aliphatic rings. The number of aliphatic hydroxyl groups is 1. The number of aliphatic carboxylic acids is 2. The minimum absolute atomic E-state index is 0. The maximum absolute atomic E-state index is 10.4. The van der Waals surface area contributed by atoms with Crippen LogP contribution in [0.5, 0.6) is 0 Å². The van der Waals surface area contributed by atoms with Crippen molar-refractivity contribution in [2.24, 2.45) is 5.41 Å². The molecule has 9 N–H and O–H groups in total. The van der Waals surface area contributed by atoms with Crippen molar-refractivity contribution in [3.63, 3.8) is 0 Å². The molecule has 1 fully saturated rings. The van der Waals surface area contributed by atoms with Crippen molar-refractivity contribution < 1.29 is 61.0 Å². The molecule has 10 nitrogen and oxygen atoms in total. The van der Waals surface area contributed by atoms with Crippen molar-refractivity contribution in [3.05, 3.63) is 36.6 Å². The van der Waals surface area contributed by atoms with E-state index in [9.17, 15) is 19.2 Å². The average molecular weight is 954 g/mol. The van der Waals surface area contributed by atoms with Gasteiger partial charge in [-0.3, -0.25) is 9.59 Å². The predicted molar refractivity (Wildman–Crippen MR) is 225 cm³/mol. The van der Waals surface area contributed by atoms with E-state index in [1.54, 1.807) is 0 Å². The number of carboxylic acid groups (broad SMARTS) is 2. The first-order valence-corrected chi connectivity index (χ1v) is 20.5. The summed E-state index contributed by atoms with van der Waals surface area (Å²) in [6.07, 6.45) is 48.5. The summed E-state index contributed by atoms with van der Waals surface area (Å²) in [6, 6.07) is 0. The Kier molecular flexibility index (Phi) is 72.0. The number of aliphatic hydroxyl groups excluding tert-OH is 1. The van der Waals surface area contributed by atoms with E-state index >= 15 is 0 Å². The third-order valence-corrected chi connectivity index (χ3v) is 9.19. The van der Waals surface area contributed by atoms with Gasteiger partial charge in [0.2, 0.25) is 0 Å². The van der Waals surface area contributed by atoms with E-state index in [-0.39, 0.29) is 51.7 Å². The van der Waals surface area contributed by atoms with Crippen LogP contribution in [0.15, 0.2) is 24.3 Å². The van der Waals surface area contributed by atoms with E-state index in [1.807, 2.05) is 0 Å². The van der Waals surface area contributed by atoms with Gasteiger partial charge >= 0.3 is 33.0 Å². The van der Waals surface area contributed by atoms with E-state index < -0.39 is 17.4 Å². The Morgan fingerprint density at radius 1 is 0.463 bits per heavy atom. The summed E-state index contributed by atoms with van der Waals surface area (Å²) in [5.41, 5.74) is -1.44. The summed E-state index contributed by atoms with van der Waals surface area (Å²) in [4.78, 5) is 41.0. The molecule has 11 heteroatoms. The van der Waals surface area contributed by atoms with E-state index in [2.05, 4.69) is 38.2 Å². The third kappa shape index (κ3) is 48.3. The van der Waals surface area contributed by atoms with Crippen LogP contribution in [-0.4, -0.2) is 52.4 Å². The average Bonchev–Trinajstić information content (AvgIpc) is 3.09. The number of hydrogen-bond acceptors (Lipinski definition) is 5. The Morgan fingerprint density at radius 2 is 0.685 bits per heavy atom. The van der Waals surface area contributed by atoms with Gasteiger partial charge in [0.05, 0.1) is 0 Å². The summed E-state index contributed by atoms with van der Waals surface area (Å²) >= 11 is 0. The fourth-order valence-electron chi connectivity index (χ4n) is 5.65. The number of unbranched alkanes of at least 4 members (excludes halogenated alkanes) is 24. The normalized spacial score (nSPS) is 11.9. The molecule has 0 spiro atoms. The zero-order chi connectivity index (χ0) is 37.8. The Morgan fingerprint density at radius 3 is 0.852 bits per heavy atom. The fraction of sp³-hybridized carbons (Fsp3) is 0.814. The number of carbonyl (C=O) groups excluding carboxylic acids is 2. The van der Waals surface area contributed by atoms with Gasteiger partial charge in [0.1, 0.15) is 12.6 Å². The number of aldehydes is 2. The topological polar surface area (TPSA) is 227 Å². The quantitative estimate of drug-likeness (QED) is 0.0255. The first-order chi connectivity index (χ1) is 24.4. The molecular formula is C43H86N2O8Pt. The van der Waals surface area contributed by atoms with Gasteiger partial charge in [-0.1, -0.05) is 141 Å². The SMILES string of the molecule is CCCCCCCC/C=C\CCCCCCCC=O.CCCCCCCC/C=C\CCCCCCCC=O.CO.O.O=C(O)C1(C(=O)O)CCC1.[NH2-].[NH2-].[Pt+2]. The van der Waals surface area contributed by atoms with Crippen LogP contribution in [0.3, 0.4) is 0 Å². The minimum Gasteiger partial charge on any atom is -0.693 e. The molecule has 0 aromatic heterocycles. The predicted octanol–water partition coefficient (Wildman–Crippen LogP) is 13.0. The van der Waals surface area contributed by atoms with Crippen LogP contribution in [0.2, 0.25) is 0 Å². The Balaban J connectivity index is -0.000000120. The molecule has 0 saturated heterocycles. The Labute approximate surface area is 346 Å². The summed E-state index contributed by atoms with van der Waals surface area (Å²) in [7, 11) is 1.00. The third-order valence-electron chi connectivity index (χ3n) is 9.19. The van der Waals surface area contributed by atoms with Gasteiger partial charge in [-0.15, -0.1) is 0 Å². The van der Waals surface area contributed by atoms with Crippen LogP contribution < -0.4 is 0 Å². The van der Waals surface area contributed by atoms with E-state index in [1.165, 1.54) is 154 Å². The van der Waals surface area contributed by atoms with Crippen molar-refractivity contribution in [2.45, 2.75) is 213 Å². The van der Waals surface area contributed by atoms with Gasteiger partial charge < -0.3 is 42.7 Å². The molecule has 0 bridgehead atoms. The second-order valence-corrected chi connectivity index (χ2v) is 13.6. The molecule has 0 atom stereocenters. The molecule has 1 rings (SSSR count). The van der Waals surface area contributed by atoms with Crippen molar-refractivity contribution in [1.82, 2.24) is 0 Å². The van der Waals surface area contributed by atoms with Gasteiger partial charge in [-0.2, -0.15) is 0 Å². The summed E-state index contributed by atoms with van der Waals surface area (Å²) in [5.74, 6) is -2.41. The zero-order valence-electron chi connectivity index (χ0n) is 34.8. The number of carbonyl (C=O) groups is 4. The molecule has 326 valence electrons. The van der Waals surface area contributed by atoms with E-state index in [0.29, 0.717) is 6.42 Å². The molecular weight excluding hydrogens is 868 g/mol. The monoisotopic (exact) mass is 954 g/mol. The number of hydrogen-bond donors (Lipinski definition) is 3. The largest absolute Gasteiger partial charge is 2.00 e. The first-order valence-electron chi connectivity index (χ1n) is 20.5. The zero-order valence-corrected chi connectivity index (χ0v) is 37.1. The fourth-order valence-corrected chi connectivity index (χ4v) is 5.65. The Hall–Kier alpha value is -1.71. The summed E-state index contributed by atoms with van der Waals surface area (Å²) in [5, 5.41) is 23.9. The van der Waals surface area contributed by atoms with Crippen LogP contribution in [-0.2, 0) is 40.2 Å². The number of rotatable bonds is 32. The molecule has 1 aliphatic carbocycles. The van der Waals surface area contributed by atoms with Crippen LogP contribution in [0, 0.1) is 5.41 Å². The van der Waals surface area contributed by atoms with Crippen LogP contribution in [0.25, 0.3) is 12.3 Å². The second kappa shape index (κ2) is 58.0. The van der Waals surface area contributed by atoms with Gasteiger partial charge in [-0.05, 0) is 83.5 Å². The summed E-state index contributed by atoms with van der Waals surface area (Å²) in [6.45, 7) is 4.54. The number of allylic oxidation sites excluding steroid dienone is 4. The van der Waals surface area contributed by atoms with Gasteiger partial charge in [0.25, 0.3) is 0 Å². The Bertz CT molecular complexity index is 748. The standard InChI is InChI=1S/2C18H34O.C6H8O4.CH4O.2H2N.H2O.Pt/c2*1-2-3-4-5-6-7-8-9-10-11-12-13-14-15-16-17-18-19;7-4(8)6(5(9)10)2-1-3-6;1-2;;;;/h2*9-10,18H,2-8,11-17H2,1H3;1-3H2,(H,7,8)(H,9,10);2H,1H3;3*1H2;/q;;;;2*-1;;+2/b2*10-9-;;;;;;. The molecule has 0 aromatic carbocycles. The van der Waals surface area contributed by atoms with Gasteiger partial charge in [0, 0.05) is 20.0 Å². The smallest absolute Gasteiger partial charge is 0.693 e. The maximum Gasteiger partial charge on any atom is 2.00 e. The van der Waals surface area contributed by atoms with Crippen molar-refractivity contribution >= 4 is 24.5 Å². The molecule has 0 amide bonds. The van der Waals surface area contributed by atoms with E-state index in [4.69, 9.17) is 15.3 Å². The molecule has 0 aromatic rings. The number of nitrogens with two attached hydrogens (primary N) is 2. The summed E-state index contributed by atoms with van der Waals surface area (Å²) < 4.78 is 0. The molecule has 1 saturated carbocycles. The van der Waals surface area contributed by atoms with Crippen molar-refractivity contribution in [3.8, 4) is 0 Å². The molecule has 54 heavy (non-hydrogen) atoms. The van der Waals surface area contributed by atoms with Crippen molar-refractivity contribution in [2.75, 3.05) is 7.11 Å². The van der Waals surface area contributed by atoms with Crippen molar-refractivity contribution in [1.29, 1.82) is 0 Å². The second-order valence-electron chi connectivity index (χ2n) is 13.6. The van der Waals surface area contributed by atoms with Gasteiger partial charge in [0.15, 0.2) is 5.41 Å². The van der Waals surface area contributed by atoms with Crippen LogP contribution >= 0.6 is 0 Å². The molecule has 0 aliphatic heterocycles. The minimum atomic E-state index is -1.44. The molecule has 0 unspecified atom stereocenters. The van der Waals surface area contributed by atoms with Gasteiger partial charge in [-0.25, -0.2) is 0 Å². The van der Waals surface area contributed by atoms with E-state index in [0.717, 1.165) is 45.4 Å². The first kappa shape index (κ1) is 67.1. The molecule has 0 heterocycles. The van der Waals surface area contributed by atoms with Crippen LogP contribution in [0.4, 0.5) is 0 Å². The molecule has 0 radical (unpaired) electrons.